The fraction of sp³-hybridized carbons (Fsp3) is 0.700. The molecule has 0 aliphatic heterocycles. The number of amides is 1. The number of hydrogen-bond donors (Lipinski definition) is 1. The maximum absolute atomic E-state index is 11.2. The zero-order valence-corrected chi connectivity index (χ0v) is 8.71. The first kappa shape index (κ1) is 12.9. The number of terminal acetylenes is 1. The van der Waals surface area contributed by atoms with E-state index < -0.39 is 0 Å². The molecular weight excluding hydrogens is 182 g/mol. The van der Waals surface area contributed by atoms with E-state index in [1.807, 2.05) is 6.92 Å². The molecule has 1 unspecified atom stereocenters. The van der Waals surface area contributed by atoms with Crippen LogP contribution in [-0.4, -0.2) is 38.9 Å². The summed E-state index contributed by atoms with van der Waals surface area (Å²) in [6.45, 7) is 2.84. The van der Waals surface area contributed by atoms with Gasteiger partial charge in [0.05, 0.1) is 19.3 Å². The average molecular weight is 199 g/mol. The standard InChI is InChI=1S/C10H17NO3/c1-4-9(5-2)11-10(12)8-14-7-6-13-3/h1,9H,5-8H2,2-3H3,(H,11,12). The largest absolute Gasteiger partial charge is 0.382 e. The summed E-state index contributed by atoms with van der Waals surface area (Å²) in [5.74, 6) is 2.28. The summed E-state index contributed by atoms with van der Waals surface area (Å²) in [7, 11) is 1.58. The molecule has 0 spiro atoms. The van der Waals surface area contributed by atoms with Crippen LogP contribution in [-0.2, 0) is 14.3 Å². The lowest BCUT2D eigenvalue weighted by Gasteiger charge is -2.10. The Hall–Kier alpha value is -1.05. The van der Waals surface area contributed by atoms with Crippen molar-refractivity contribution in [1.82, 2.24) is 5.32 Å². The molecular formula is C10H17NO3. The van der Waals surface area contributed by atoms with Gasteiger partial charge >= 0.3 is 0 Å². The Kier molecular flexibility index (Phi) is 7.90. The predicted molar refractivity (Wildman–Crippen MR) is 53.7 cm³/mol. The second kappa shape index (κ2) is 8.54. The number of carbonyl (C=O) groups excluding carboxylic acids is 1. The van der Waals surface area contributed by atoms with Crippen molar-refractivity contribution in [3.63, 3.8) is 0 Å². The Balaban J connectivity index is 3.50. The van der Waals surface area contributed by atoms with Crippen LogP contribution in [0.2, 0.25) is 0 Å². The highest BCUT2D eigenvalue weighted by Gasteiger charge is 2.06. The molecule has 0 aromatic rings. The van der Waals surface area contributed by atoms with Crippen molar-refractivity contribution in [2.75, 3.05) is 26.9 Å². The summed E-state index contributed by atoms with van der Waals surface area (Å²) < 4.78 is 9.78. The molecule has 80 valence electrons. The molecule has 1 atom stereocenters. The fourth-order valence-corrected chi connectivity index (χ4v) is 0.805. The van der Waals surface area contributed by atoms with E-state index in [0.29, 0.717) is 13.2 Å². The summed E-state index contributed by atoms with van der Waals surface area (Å²) in [6.07, 6.45) is 5.90. The van der Waals surface area contributed by atoms with Crippen LogP contribution in [0.3, 0.4) is 0 Å². The van der Waals surface area contributed by atoms with E-state index in [4.69, 9.17) is 15.9 Å². The third-order valence-electron chi connectivity index (χ3n) is 1.61. The summed E-state index contributed by atoms with van der Waals surface area (Å²) in [4.78, 5) is 11.2. The minimum absolute atomic E-state index is 0.0293. The molecule has 4 nitrogen and oxygen atoms in total. The van der Waals surface area contributed by atoms with Gasteiger partial charge in [0.25, 0.3) is 0 Å². The van der Waals surface area contributed by atoms with Gasteiger partial charge in [-0.1, -0.05) is 12.8 Å². The normalized spacial score (nSPS) is 11.8. The van der Waals surface area contributed by atoms with E-state index in [1.54, 1.807) is 7.11 Å². The second-order valence-corrected chi connectivity index (χ2v) is 2.74. The van der Waals surface area contributed by atoms with Gasteiger partial charge in [0.15, 0.2) is 0 Å². The molecule has 0 fully saturated rings. The van der Waals surface area contributed by atoms with Gasteiger partial charge in [-0.05, 0) is 6.42 Å². The number of rotatable bonds is 7. The van der Waals surface area contributed by atoms with Gasteiger partial charge in [-0.2, -0.15) is 0 Å². The van der Waals surface area contributed by atoms with Crippen LogP contribution in [0.4, 0.5) is 0 Å². The van der Waals surface area contributed by atoms with Crippen LogP contribution in [0.5, 0.6) is 0 Å². The van der Waals surface area contributed by atoms with Gasteiger partial charge in [-0.25, -0.2) is 0 Å². The van der Waals surface area contributed by atoms with Crippen molar-refractivity contribution in [1.29, 1.82) is 0 Å². The smallest absolute Gasteiger partial charge is 0.246 e. The molecule has 1 amide bonds. The van der Waals surface area contributed by atoms with E-state index >= 15 is 0 Å². The molecule has 0 aliphatic rings. The minimum Gasteiger partial charge on any atom is -0.382 e. The highest BCUT2D eigenvalue weighted by Crippen LogP contribution is 1.87. The molecule has 0 heterocycles. The van der Waals surface area contributed by atoms with Crippen molar-refractivity contribution in [2.24, 2.45) is 0 Å². The first-order valence-electron chi connectivity index (χ1n) is 4.56. The third kappa shape index (κ3) is 6.46. The average Bonchev–Trinajstić information content (AvgIpc) is 2.21. The lowest BCUT2D eigenvalue weighted by Crippen LogP contribution is -2.36. The van der Waals surface area contributed by atoms with E-state index in [1.165, 1.54) is 0 Å². The molecule has 0 aliphatic carbocycles. The SMILES string of the molecule is C#CC(CC)NC(=O)COCCOC. The van der Waals surface area contributed by atoms with Crippen molar-refractivity contribution < 1.29 is 14.3 Å². The number of hydrogen-bond acceptors (Lipinski definition) is 3. The van der Waals surface area contributed by atoms with Crippen molar-refractivity contribution in [2.45, 2.75) is 19.4 Å². The summed E-state index contributed by atoms with van der Waals surface area (Å²) in [5.41, 5.74) is 0. The summed E-state index contributed by atoms with van der Waals surface area (Å²) in [5, 5.41) is 2.65. The first-order chi connectivity index (χ1) is 6.74. The van der Waals surface area contributed by atoms with Crippen LogP contribution in [0.1, 0.15) is 13.3 Å². The molecule has 0 rings (SSSR count). The summed E-state index contributed by atoms with van der Waals surface area (Å²) in [6, 6.07) is -0.200. The molecule has 0 bridgehead atoms. The lowest BCUT2D eigenvalue weighted by molar-refractivity contribution is -0.126. The van der Waals surface area contributed by atoms with Gasteiger partial charge < -0.3 is 14.8 Å². The van der Waals surface area contributed by atoms with Crippen molar-refractivity contribution in [3.8, 4) is 12.3 Å². The zero-order chi connectivity index (χ0) is 10.8. The maximum atomic E-state index is 11.2. The maximum Gasteiger partial charge on any atom is 0.246 e. The highest BCUT2D eigenvalue weighted by atomic mass is 16.5. The molecule has 0 aromatic carbocycles. The van der Waals surface area contributed by atoms with Crippen LogP contribution in [0, 0.1) is 12.3 Å². The van der Waals surface area contributed by atoms with Crippen molar-refractivity contribution in [3.05, 3.63) is 0 Å². The fourth-order valence-electron chi connectivity index (χ4n) is 0.805. The highest BCUT2D eigenvalue weighted by molar-refractivity contribution is 5.77. The Bertz CT molecular complexity index is 198. The van der Waals surface area contributed by atoms with Gasteiger partial charge in [0.2, 0.25) is 5.91 Å². The second-order valence-electron chi connectivity index (χ2n) is 2.74. The Morgan fingerprint density at radius 1 is 1.57 bits per heavy atom. The Morgan fingerprint density at radius 2 is 2.29 bits per heavy atom. The van der Waals surface area contributed by atoms with E-state index in [-0.39, 0.29) is 18.6 Å². The quantitative estimate of drug-likeness (QED) is 0.470. The molecule has 0 radical (unpaired) electrons. The van der Waals surface area contributed by atoms with E-state index in [0.717, 1.165) is 6.42 Å². The van der Waals surface area contributed by atoms with E-state index in [9.17, 15) is 4.79 Å². The topological polar surface area (TPSA) is 47.6 Å². The van der Waals surface area contributed by atoms with Crippen LogP contribution < -0.4 is 5.32 Å². The third-order valence-corrected chi connectivity index (χ3v) is 1.61. The van der Waals surface area contributed by atoms with Crippen molar-refractivity contribution >= 4 is 5.91 Å². The van der Waals surface area contributed by atoms with Gasteiger partial charge in [-0.15, -0.1) is 6.42 Å². The zero-order valence-electron chi connectivity index (χ0n) is 8.71. The van der Waals surface area contributed by atoms with Crippen LogP contribution in [0.15, 0.2) is 0 Å². The van der Waals surface area contributed by atoms with Crippen LogP contribution in [0.25, 0.3) is 0 Å². The molecule has 0 saturated carbocycles. The molecule has 1 N–H and O–H groups in total. The summed E-state index contributed by atoms with van der Waals surface area (Å²) >= 11 is 0. The number of carbonyl (C=O) groups is 1. The molecule has 14 heavy (non-hydrogen) atoms. The lowest BCUT2D eigenvalue weighted by atomic mass is 10.2. The predicted octanol–water partition coefficient (Wildman–Crippen LogP) is 0.177. The van der Waals surface area contributed by atoms with Gasteiger partial charge in [0.1, 0.15) is 6.61 Å². The monoisotopic (exact) mass is 199 g/mol. The number of nitrogens with one attached hydrogen (secondary N) is 1. The Morgan fingerprint density at radius 3 is 2.79 bits per heavy atom. The van der Waals surface area contributed by atoms with Gasteiger partial charge in [0, 0.05) is 7.11 Å². The molecule has 0 aromatic heterocycles. The first-order valence-corrected chi connectivity index (χ1v) is 4.56. The van der Waals surface area contributed by atoms with E-state index in [2.05, 4.69) is 11.2 Å². The Labute approximate surface area is 85.0 Å². The van der Waals surface area contributed by atoms with Crippen LogP contribution >= 0.6 is 0 Å². The molecule has 4 heteroatoms. The minimum atomic E-state index is -0.200. The molecule has 0 saturated heterocycles. The number of methoxy groups -OCH3 is 1. The van der Waals surface area contributed by atoms with Gasteiger partial charge in [-0.3, -0.25) is 4.79 Å². The number of ether oxygens (including phenoxy) is 2.